The van der Waals surface area contributed by atoms with Crippen LogP contribution in [0.25, 0.3) is 0 Å². The summed E-state index contributed by atoms with van der Waals surface area (Å²) in [6, 6.07) is 21.8. The highest BCUT2D eigenvalue weighted by Crippen LogP contribution is 2.29. The maximum absolute atomic E-state index is 13.8. The molecule has 45 heavy (non-hydrogen) atoms. The topological polar surface area (TPSA) is 124 Å². The number of amides is 3. The van der Waals surface area contributed by atoms with Gasteiger partial charge in [-0.1, -0.05) is 36.4 Å². The van der Waals surface area contributed by atoms with Gasteiger partial charge in [0.15, 0.2) is 0 Å². The third-order valence-electron chi connectivity index (χ3n) is 8.03. The van der Waals surface area contributed by atoms with Crippen molar-refractivity contribution in [3.05, 3.63) is 82.8 Å². The molecule has 5 rings (SSSR count). The van der Waals surface area contributed by atoms with Crippen LogP contribution >= 0.6 is 15.9 Å². The van der Waals surface area contributed by atoms with Gasteiger partial charge in [0.1, 0.15) is 17.6 Å². The number of carbonyl (C=O) groups is 3. The summed E-state index contributed by atoms with van der Waals surface area (Å²) in [5.41, 5.74) is 1.88. The number of likely N-dealkylation sites (tertiary alicyclic amines) is 1. The van der Waals surface area contributed by atoms with Crippen molar-refractivity contribution >= 4 is 45.2 Å². The molecule has 3 aromatic carbocycles. The Bertz CT molecular complexity index is 1480. The lowest BCUT2D eigenvalue weighted by Gasteiger charge is -2.36. The number of hydrogen-bond donors (Lipinski definition) is 3. The van der Waals surface area contributed by atoms with Gasteiger partial charge in [-0.2, -0.15) is 0 Å². The predicted molar refractivity (Wildman–Crippen MR) is 175 cm³/mol. The SMILES string of the molecule is COc1cc(CC(=O)N2C[C@@H](Oc3ccccc3)CC2CN2CCN(CC(=O)O)CC2)ccc1NC(=O)Nc1ccccc1Br. The molecule has 2 fully saturated rings. The van der Waals surface area contributed by atoms with Crippen LogP contribution in [0.2, 0.25) is 0 Å². The number of urea groups is 1. The first-order valence-electron chi connectivity index (χ1n) is 14.9. The summed E-state index contributed by atoms with van der Waals surface area (Å²) in [5, 5.41) is 14.8. The maximum atomic E-state index is 13.8. The van der Waals surface area contributed by atoms with E-state index in [1.165, 1.54) is 7.11 Å². The highest BCUT2D eigenvalue weighted by Gasteiger charge is 2.38. The predicted octanol–water partition coefficient (Wildman–Crippen LogP) is 4.39. The second-order valence-electron chi connectivity index (χ2n) is 11.2. The fraction of sp³-hybridized carbons (Fsp3) is 0.364. The normalized spacial score (nSPS) is 18.8. The van der Waals surface area contributed by atoms with Crippen LogP contribution in [0.3, 0.4) is 0 Å². The monoisotopic (exact) mass is 679 g/mol. The molecule has 2 saturated heterocycles. The van der Waals surface area contributed by atoms with E-state index in [2.05, 4.69) is 31.5 Å². The Morgan fingerprint density at radius 3 is 2.31 bits per heavy atom. The zero-order chi connectivity index (χ0) is 31.8. The zero-order valence-electron chi connectivity index (χ0n) is 25.2. The quantitative estimate of drug-likeness (QED) is 0.273. The number of hydrogen-bond acceptors (Lipinski definition) is 7. The minimum Gasteiger partial charge on any atom is -0.495 e. The Morgan fingerprint density at radius 1 is 0.911 bits per heavy atom. The van der Waals surface area contributed by atoms with Gasteiger partial charge in [0.05, 0.1) is 38.0 Å². The van der Waals surface area contributed by atoms with Gasteiger partial charge in [-0.05, 0) is 57.9 Å². The van der Waals surface area contributed by atoms with Crippen molar-refractivity contribution in [2.24, 2.45) is 0 Å². The van der Waals surface area contributed by atoms with Gasteiger partial charge in [-0.3, -0.25) is 19.4 Å². The number of carboxylic acid groups (broad SMARTS) is 1. The average Bonchev–Trinajstić information content (AvgIpc) is 3.42. The van der Waals surface area contributed by atoms with Gasteiger partial charge in [-0.15, -0.1) is 0 Å². The van der Waals surface area contributed by atoms with E-state index in [0.29, 0.717) is 49.7 Å². The standard InChI is InChI=1S/C33H38BrN5O6/c1-44-30-17-23(11-12-29(30)36-33(43)35-28-10-6-5-9-27(28)34)18-31(40)39-21-26(45-25-7-3-2-4-8-25)19-24(39)20-37-13-15-38(16-14-37)22-32(41)42/h2-12,17,24,26H,13-16,18-22H2,1H3,(H,41,42)(H2,35,36,43)/t24?,26-/m0/s1. The molecule has 3 aromatic rings. The Hall–Kier alpha value is -4.13. The molecular weight excluding hydrogens is 642 g/mol. The van der Waals surface area contributed by atoms with Gasteiger partial charge in [0.2, 0.25) is 5.91 Å². The maximum Gasteiger partial charge on any atom is 0.323 e. The highest BCUT2D eigenvalue weighted by atomic mass is 79.9. The van der Waals surface area contributed by atoms with Crippen LogP contribution in [0.4, 0.5) is 16.2 Å². The van der Waals surface area contributed by atoms with Crippen LogP contribution < -0.4 is 20.1 Å². The molecule has 2 aliphatic heterocycles. The molecule has 3 amide bonds. The zero-order valence-corrected chi connectivity index (χ0v) is 26.7. The summed E-state index contributed by atoms with van der Waals surface area (Å²) in [6.45, 7) is 4.06. The van der Waals surface area contributed by atoms with Crippen LogP contribution in [0.15, 0.2) is 77.3 Å². The number of nitrogens with zero attached hydrogens (tertiary/aromatic N) is 3. The molecule has 0 aliphatic carbocycles. The molecule has 0 spiro atoms. The molecule has 0 saturated carbocycles. The highest BCUT2D eigenvalue weighted by molar-refractivity contribution is 9.10. The van der Waals surface area contributed by atoms with E-state index in [1.807, 2.05) is 64.4 Å². The minimum atomic E-state index is -0.818. The first-order chi connectivity index (χ1) is 21.8. The van der Waals surface area contributed by atoms with Crippen LogP contribution in [-0.4, -0.2) is 103 Å². The van der Waals surface area contributed by atoms with Crippen molar-refractivity contribution in [1.29, 1.82) is 0 Å². The number of ether oxygens (including phenoxy) is 2. The first kappa shape index (κ1) is 32.3. The minimum absolute atomic E-state index is 0.0156. The van der Waals surface area contributed by atoms with Gasteiger partial charge < -0.3 is 30.1 Å². The third-order valence-corrected chi connectivity index (χ3v) is 8.72. The van der Waals surface area contributed by atoms with E-state index in [4.69, 9.17) is 14.6 Å². The second-order valence-corrected chi connectivity index (χ2v) is 12.1. The number of nitrogens with one attached hydrogen (secondary N) is 2. The van der Waals surface area contributed by atoms with Crippen molar-refractivity contribution in [3.63, 3.8) is 0 Å². The fourth-order valence-electron chi connectivity index (χ4n) is 5.81. The van der Waals surface area contributed by atoms with E-state index in [0.717, 1.165) is 28.9 Å². The Balaban J connectivity index is 1.24. The van der Waals surface area contributed by atoms with E-state index < -0.39 is 12.0 Å². The fourth-order valence-corrected chi connectivity index (χ4v) is 6.20. The molecular formula is C33H38BrN5O6. The van der Waals surface area contributed by atoms with Crippen LogP contribution in [0, 0.1) is 0 Å². The number of para-hydroxylation sites is 2. The molecule has 1 unspecified atom stereocenters. The lowest BCUT2D eigenvalue weighted by molar-refractivity contribution is -0.139. The summed E-state index contributed by atoms with van der Waals surface area (Å²) in [7, 11) is 1.52. The summed E-state index contributed by atoms with van der Waals surface area (Å²) in [6.07, 6.45) is 0.731. The van der Waals surface area contributed by atoms with Crippen molar-refractivity contribution < 1.29 is 29.0 Å². The number of piperazine rings is 1. The second kappa shape index (κ2) is 15.2. The molecule has 11 nitrogen and oxygen atoms in total. The number of carboxylic acids is 1. The molecule has 0 aromatic heterocycles. The molecule has 2 heterocycles. The van der Waals surface area contributed by atoms with Crippen LogP contribution in [0.1, 0.15) is 12.0 Å². The summed E-state index contributed by atoms with van der Waals surface area (Å²) in [4.78, 5) is 43.7. The largest absolute Gasteiger partial charge is 0.495 e. The summed E-state index contributed by atoms with van der Waals surface area (Å²) in [5.74, 6) is 0.388. The Labute approximate surface area is 271 Å². The molecule has 3 N–H and O–H groups in total. The molecule has 0 bridgehead atoms. The number of benzene rings is 3. The lowest BCUT2D eigenvalue weighted by Crippen LogP contribution is -2.52. The van der Waals surface area contributed by atoms with Crippen molar-refractivity contribution in [3.8, 4) is 11.5 Å². The van der Waals surface area contributed by atoms with Crippen molar-refractivity contribution in [2.45, 2.75) is 25.0 Å². The number of aliphatic carboxylic acids is 1. The Kier molecular flexibility index (Phi) is 10.9. The van der Waals surface area contributed by atoms with Gasteiger partial charge in [0.25, 0.3) is 0 Å². The molecule has 2 aliphatic rings. The van der Waals surface area contributed by atoms with E-state index >= 15 is 0 Å². The number of methoxy groups -OCH3 is 1. The third kappa shape index (κ3) is 8.96. The number of anilines is 2. The Morgan fingerprint density at radius 2 is 1.60 bits per heavy atom. The van der Waals surface area contributed by atoms with E-state index in [-0.39, 0.29) is 31.0 Å². The molecule has 238 valence electrons. The smallest absolute Gasteiger partial charge is 0.323 e. The lowest BCUT2D eigenvalue weighted by atomic mass is 10.1. The average molecular weight is 681 g/mol. The van der Waals surface area contributed by atoms with Gasteiger partial charge >= 0.3 is 12.0 Å². The van der Waals surface area contributed by atoms with E-state index in [9.17, 15) is 14.4 Å². The van der Waals surface area contributed by atoms with Crippen molar-refractivity contribution in [2.75, 3.05) is 63.6 Å². The molecule has 12 heteroatoms. The summed E-state index contributed by atoms with van der Waals surface area (Å²) >= 11 is 3.43. The molecule has 0 radical (unpaired) electrons. The van der Waals surface area contributed by atoms with Crippen LogP contribution in [-0.2, 0) is 16.0 Å². The first-order valence-corrected chi connectivity index (χ1v) is 15.7. The number of halogens is 1. The van der Waals surface area contributed by atoms with Crippen LogP contribution in [0.5, 0.6) is 11.5 Å². The van der Waals surface area contributed by atoms with Crippen molar-refractivity contribution in [1.82, 2.24) is 14.7 Å². The van der Waals surface area contributed by atoms with E-state index in [1.54, 1.807) is 18.2 Å². The molecule has 2 atom stereocenters. The van der Waals surface area contributed by atoms with Gasteiger partial charge in [-0.25, -0.2) is 4.79 Å². The van der Waals surface area contributed by atoms with Gasteiger partial charge in [0, 0.05) is 49.7 Å². The number of rotatable bonds is 11. The summed E-state index contributed by atoms with van der Waals surface area (Å²) < 4.78 is 12.6. The number of carbonyl (C=O) groups excluding carboxylic acids is 2.